The standard InChI is InChI=1S/C11H12ClN/c1-4-8-5-9(7(2)3)6-10(12)11(8)13/h1,5-7H,13H2,2-3H3. The molecule has 1 aromatic rings. The Morgan fingerprint density at radius 3 is 2.54 bits per heavy atom. The Bertz CT molecular complexity index is 361. The molecule has 0 aliphatic rings. The maximum Gasteiger partial charge on any atom is 0.0662 e. The number of nitrogen functional groups attached to an aromatic ring is 1. The van der Waals surface area contributed by atoms with Gasteiger partial charge in [-0.2, -0.15) is 0 Å². The summed E-state index contributed by atoms with van der Waals surface area (Å²) in [4.78, 5) is 0. The van der Waals surface area contributed by atoms with Crippen LogP contribution in [0.15, 0.2) is 12.1 Å². The van der Waals surface area contributed by atoms with Crippen LogP contribution >= 0.6 is 11.6 Å². The summed E-state index contributed by atoms with van der Waals surface area (Å²) in [5, 5.41) is 0.541. The number of nitrogens with two attached hydrogens (primary N) is 1. The molecule has 0 amide bonds. The third-order valence-corrected chi connectivity index (χ3v) is 2.29. The monoisotopic (exact) mass is 193 g/mol. The molecule has 1 aromatic carbocycles. The van der Waals surface area contributed by atoms with E-state index in [1.165, 1.54) is 0 Å². The first-order valence-electron chi connectivity index (χ1n) is 4.11. The van der Waals surface area contributed by atoms with Crippen molar-refractivity contribution in [3.63, 3.8) is 0 Å². The van der Waals surface area contributed by atoms with Gasteiger partial charge >= 0.3 is 0 Å². The van der Waals surface area contributed by atoms with Crippen molar-refractivity contribution in [2.75, 3.05) is 5.73 Å². The molecule has 1 rings (SSSR count). The first kappa shape index (κ1) is 9.95. The normalized spacial score (nSPS) is 10.1. The molecule has 0 unspecified atom stereocenters. The molecule has 0 atom stereocenters. The number of hydrogen-bond acceptors (Lipinski definition) is 1. The molecule has 0 radical (unpaired) electrons. The van der Waals surface area contributed by atoms with Crippen LogP contribution in [-0.4, -0.2) is 0 Å². The van der Waals surface area contributed by atoms with E-state index in [2.05, 4.69) is 19.8 Å². The average molecular weight is 194 g/mol. The van der Waals surface area contributed by atoms with Crippen molar-refractivity contribution in [1.82, 2.24) is 0 Å². The van der Waals surface area contributed by atoms with E-state index in [0.717, 1.165) is 5.56 Å². The molecule has 0 aliphatic carbocycles. The van der Waals surface area contributed by atoms with Crippen molar-refractivity contribution in [3.8, 4) is 12.3 Å². The summed E-state index contributed by atoms with van der Waals surface area (Å²) in [7, 11) is 0. The molecule has 0 saturated heterocycles. The van der Waals surface area contributed by atoms with Crippen LogP contribution < -0.4 is 5.73 Å². The zero-order chi connectivity index (χ0) is 10.0. The van der Waals surface area contributed by atoms with Crippen molar-refractivity contribution in [2.45, 2.75) is 19.8 Å². The molecule has 0 spiro atoms. The number of anilines is 1. The second kappa shape index (κ2) is 3.72. The van der Waals surface area contributed by atoms with E-state index in [0.29, 0.717) is 22.2 Å². The third kappa shape index (κ3) is 1.96. The highest BCUT2D eigenvalue weighted by molar-refractivity contribution is 6.33. The maximum absolute atomic E-state index is 5.92. The predicted octanol–water partition coefficient (Wildman–Crippen LogP) is 3.03. The van der Waals surface area contributed by atoms with E-state index < -0.39 is 0 Å². The van der Waals surface area contributed by atoms with Gasteiger partial charge in [0.1, 0.15) is 0 Å². The van der Waals surface area contributed by atoms with Crippen LogP contribution in [0.3, 0.4) is 0 Å². The van der Waals surface area contributed by atoms with Crippen molar-refractivity contribution < 1.29 is 0 Å². The Hall–Kier alpha value is -1.13. The van der Waals surface area contributed by atoms with Gasteiger partial charge in [-0.05, 0) is 23.6 Å². The summed E-state index contributed by atoms with van der Waals surface area (Å²) >= 11 is 5.92. The number of halogens is 1. The number of benzene rings is 1. The van der Waals surface area contributed by atoms with Crippen molar-refractivity contribution in [1.29, 1.82) is 0 Å². The Morgan fingerprint density at radius 2 is 2.08 bits per heavy atom. The molecular weight excluding hydrogens is 182 g/mol. The van der Waals surface area contributed by atoms with Gasteiger partial charge in [-0.25, -0.2) is 0 Å². The molecule has 2 heteroatoms. The molecule has 0 saturated carbocycles. The zero-order valence-corrected chi connectivity index (χ0v) is 8.52. The zero-order valence-electron chi connectivity index (χ0n) is 7.76. The number of terminal acetylenes is 1. The maximum atomic E-state index is 5.92. The summed E-state index contributed by atoms with van der Waals surface area (Å²) in [5.41, 5.74) is 7.98. The van der Waals surface area contributed by atoms with Gasteiger partial charge in [-0.3, -0.25) is 0 Å². The van der Waals surface area contributed by atoms with Gasteiger partial charge in [0.05, 0.1) is 10.7 Å². The minimum atomic E-state index is 0.408. The van der Waals surface area contributed by atoms with E-state index in [1.807, 2.05) is 12.1 Å². The van der Waals surface area contributed by atoms with Crippen LogP contribution in [0.25, 0.3) is 0 Å². The third-order valence-electron chi connectivity index (χ3n) is 1.97. The summed E-state index contributed by atoms with van der Waals surface area (Å²) < 4.78 is 0. The largest absolute Gasteiger partial charge is 0.397 e. The van der Waals surface area contributed by atoms with Crippen molar-refractivity contribution in [2.24, 2.45) is 0 Å². The lowest BCUT2D eigenvalue weighted by Gasteiger charge is -2.09. The summed E-state index contributed by atoms with van der Waals surface area (Å²) in [6.45, 7) is 4.17. The fraction of sp³-hybridized carbons (Fsp3) is 0.273. The molecule has 0 fully saturated rings. The lowest BCUT2D eigenvalue weighted by Crippen LogP contribution is -1.95. The van der Waals surface area contributed by atoms with Gasteiger partial charge in [0, 0.05) is 5.56 Å². The molecular formula is C11H12ClN. The Kier molecular flexibility index (Phi) is 2.85. The fourth-order valence-electron chi connectivity index (χ4n) is 1.09. The van der Waals surface area contributed by atoms with Gasteiger partial charge in [-0.15, -0.1) is 6.42 Å². The number of hydrogen-bond donors (Lipinski definition) is 1. The highest BCUT2D eigenvalue weighted by Gasteiger charge is 2.06. The molecule has 0 aromatic heterocycles. The Balaban J connectivity index is 3.32. The highest BCUT2D eigenvalue weighted by Crippen LogP contribution is 2.27. The topological polar surface area (TPSA) is 26.0 Å². The molecule has 13 heavy (non-hydrogen) atoms. The summed E-state index contributed by atoms with van der Waals surface area (Å²) in [6.07, 6.45) is 5.30. The van der Waals surface area contributed by atoms with Crippen LogP contribution in [0, 0.1) is 12.3 Å². The molecule has 68 valence electrons. The molecule has 0 bridgehead atoms. The Labute approximate surface area is 83.9 Å². The second-order valence-electron chi connectivity index (χ2n) is 3.26. The Morgan fingerprint density at radius 1 is 1.46 bits per heavy atom. The van der Waals surface area contributed by atoms with E-state index in [4.69, 9.17) is 23.8 Å². The van der Waals surface area contributed by atoms with Gasteiger partial charge in [-0.1, -0.05) is 31.4 Å². The minimum Gasteiger partial charge on any atom is -0.397 e. The van der Waals surface area contributed by atoms with Gasteiger partial charge in [0.2, 0.25) is 0 Å². The molecule has 1 nitrogen and oxygen atoms in total. The average Bonchev–Trinajstić information content (AvgIpc) is 2.09. The quantitative estimate of drug-likeness (QED) is 0.539. The van der Waals surface area contributed by atoms with E-state index in [9.17, 15) is 0 Å². The fourth-order valence-corrected chi connectivity index (χ4v) is 1.32. The lowest BCUT2D eigenvalue weighted by molar-refractivity contribution is 0.866. The predicted molar refractivity (Wildman–Crippen MR) is 57.9 cm³/mol. The highest BCUT2D eigenvalue weighted by atomic mass is 35.5. The van der Waals surface area contributed by atoms with Crippen LogP contribution in [0.1, 0.15) is 30.9 Å². The van der Waals surface area contributed by atoms with Gasteiger partial charge < -0.3 is 5.73 Å². The second-order valence-corrected chi connectivity index (χ2v) is 3.67. The van der Waals surface area contributed by atoms with E-state index in [-0.39, 0.29) is 0 Å². The molecule has 2 N–H and O–H groups in total. The molecule has 0 aliphatic heterocycles. The SMILES string of the molecule is C#Cc1cc(C(C)C)cc(Cl)c1N. The van der Waals surface area contributed by atoms with Crippen molar-refractivity contribution >= 4 is 17.3 Å². The van der Waals surface area contributed by atoms with Gasteiger partial charge in [0.25, 0.3) is 0 Å². The summed E-state index contributed by atoms with van der Waals surface area (Å²) in [6, 6.07) is 3.77. The first-order valence-corrected chi connectivity index (χ1v) is 4.49. The lowest BCUT2D eigenvalue weighted by atomic mass is 10.00. The smallest absolute Gasteiger partial charge is 0.0662 e. The van der Waals surface area contributed by atoms with Gasteiger partial charge in [0.15, 0.2) is 0 Å². The number of rotatable bonds is 1. The van der Waals surface area contributed by atoms with Crippen molar-refractivity contribution in [3.05, 3.63) is 28.3 Å². The van der Waals surface area contributed by atoms with E-state index >= 15 is 0 Å². The summed E-state index contributed by atoms with van der Waals surface area (Å²) in [5.74, 6) is 2.93. The van der Waals surface area contributed by atoms with Crippen LogP contribution in [0.5, 0.6) is 0 Å². The molecule has 0 heterocycles. The van der Waals surface area contributed by atoms with Crippen LogP contribution in [0.4, 0.5) is 5.69 Å². The first-order chi connectivity index (χ1) is 6.06. The van der Waals surface area contributed by atoms with Crippen LogP contribution in [-0.2, 0) is 0 Å². The van der Waals surface area contributed by atoms with Crippen LogP contribution in [0.2, 0.25) is 5.02 Å². The minimum absolute atomic E-state index is 0.408. The van der Waals surface area contributed by atoms with E-state index in [1.54, 1.807) is 0 Å².